The maximum Gasteiger partial charge on any atom is 0.0577 e. The van der Waals surface area contributed by atoms with Gasteiger partial charge in [-0.15, -0.1) is 0 Å². The van der Waals surface area contributed by atoms with Gasteiger partial charge in [-0.3, -0.25) is 0 Å². The van der Waals surface area contributed by atoms with E-state index >= 15 is 0 Å². The van der Waals surface area contributed by atoms with Crippen LogP contribution in [0.4, 0.5) is 0 Å². The first kappa shape index (κ1) is 13.1. The molecule has 0 amide bonds. The van der Waals surface area contributed by atoms with Gasteiger partial charge in [0.25, 0.3) is 0 Å². The van der Waals surface area contributed by atoms with E-state index in [1.807, 2.05) is 19.2 Å². The maximum atomic E-state index is 6.15. The molecular formula is C16H18ClN. The summed E-state index contributed by atoms with van der Waals surface area (Å²) >= 11 is 6.15. The minimum absolute atomic E-state index is 0.184. The predicted molar refractivity (Wildman–Crippen MR) is 78.3 cm³/mol. The zero-order valence-corrected chi connectivity index (χ0v) is 11.8. The van der Waals surface area contributed by atoms with E-state index in [-0.39, 0.29) is 6.04 Å². The second-order valence-corrected chi connectivity index (χ2v) is 5.08. The Hall–Kier alpha value is -1.31. The van der Waals surface area contributed by atoms with Gasteiger partial charge in [-0.1, -0.05) is 41.9 Å². The fraction of sp³-hybridized carbons (Fsp3) is 0.250. The van der Waals surface area contributed by atoms with Gasteiger partial charge in [0.1, 0.15) is 0 Å². The van der Waals surface area contributed by atoms with Gasteiger partial charge in [-0.25, -0.2) is 0 Å². The molecule has 94 valence electrons. The van der Waals surface area contributed by atoms with Gasteiger partial charge in [0.2, 0.25) is 0 Å². The lowest BCUT2D eigenvalue weighted by Gasteiger charge is -2.20. The van der Waals surface area contributed by atoms with Crippen LogP contribution in [0.25, 0.3) is 0 Å². The third-order valence-corrected chi connectivity index (χ3v) is 3.40. The monoisotopic (exact) mass is 259 g/mol. The Labute approximate surface area is 114 Å². The molecule has 1 atom stereocenters. The van der Waals surface area contributed by atoms with E-state index in [0.29, 0.717) is 0 Å². The molecule has 0 aromatic heterocycles. The van der Waals surface area contributed by atoms with Crippen molar-refractivity contribution in [2.24, 2.45) is 0 Å². The summed E-state index contributed by atoms with van der Waals surface area (Å²) in [6.45, 7) is 4.21. The van der Waals surface area contributed by atoms with E-state index in [1.54, 1.807) is 0 Å². The summed E-state index contributed by atoms with van der Waals surface area (Å²) in [5.74, 6) is 0. The van der Waals surface area contributed by atoms with Crippen molar-refractivity contribution in [3.8, 4) is 0 Å². The number of halogens is 1. The highest BCUT2D eigenvalue weighted by Crippen LogP contribution is 2.27. The van der Waals surface area contributed by atoms with Crippen LogP contribution in [0.3, 0.4) is 0 Å². The van der Waals surface area contributed by atoms with Gasteiger partial charge in [0.05, 0.1) is 6.04 Å². The molecule has 0 heterocycles. The lowest BCUT2D eigenvalue weighted by molar-refractivity contribution is 0.687. The third kappa shape index (κ3) is 2.74. The van der Waals surface area contributed by atoms with Crippen molar-refractivity contribution >= 4 is 11.6 Å². The van der Waals surface area contributed by atoms with Gasteiger partial charge in [0, 0.05) is 5.02 Å². The molecule has 0 radical (unpaired) electrons. The zero-order valence-electron chi connectivity index (χ0n) is 11.0. The Morgan fingerprint density at radius 1 is 1.06 bits per heavy atom. The number of rotatable bonds is 3. The Morgan fingerprint density at radius 3 is 2.39 bits per heavy atom. The van der Waals surface area contributed by atoms with Crippen molar-refractivity contribution in [3.05, 3.63) is 69.7 Å². The first-order chi connectivity index (χ1) is 8.61. The van der Waals surface area contributed by atoms with Crippen LogP contribution in [-0.2, 0) is 0 Å². The van der Waals surface area contributed by atoms with Gasteiger partial charge in [-0.05, 0) is 55.3 Å². The summed E-state index contributed by atoms with van der Waals surface area (Å²) < 4.78 is 0. The summed E-state index contributed by atoms with van der Waals surface area (Å²) in [5.41, 5.74) is 4.97. The van der Waals surface area contributed by atoms with Gasteiger partial charge >= 0.3 is 0 Å². The van der Waals surface area contributed by atoms with E-state index in [9.17, 15) is 0 Å². The summed E-state index contributed by atoms with van der Waals surface area (Å²) in [5, 5.41) is 4.16. The second kappa shape index (κ2) is 5.55. The molecule has 1 nitrogen and oxygen atoms in total. The Bertz CT molecular complexity index is 528. The van der Waals surface area contributed by atoms with Crippen LogP contribution in [0.15, 0.2) is 42.5 Å². The average Bonchev–Trinajstić information content (AvgIpc) is 2.31. The normalized spacial score (nSPS) is 12.4. The fourth-order valence-corrected chi connectivity index (χ4v) is 2.64. The minimum Gasteiger partial charge on any atom is -0.309 e. The zero-order chi connectivity index (χ0) is 13.1. The quantitative estimate of drug-likeness (QED) is 0.868. The number of benzene rings is 2. The Kier molecular flexibility index (Phi) is 4.05. The van der Waals surface area contributed by atoms with Crippen LogP contribution in [-0.4, -0.2) is 7.05 Å². The largest absolute Gasteiger partial charge is 0.309 e. The number of aryl methyl sites for hydroxylation is 2. The van der Waals surface area contributed by atoms with Crippen molar-refractivity contribution in [3.63, 3.8) is 0 Å². The molecule has 2 heteroatoms. The molecule has 2 rings (SSSR count). The number of nitrogens with one attached hydrogen (secondary N) is 1. The first-order valence-electron chi connectivity index (χ1n) is 6.11. The molecular weight excluding hydrogens is 242 g/mol. The molecule has 0 aliphatic carbocycles. The lowest BCUT2D eigenvalue weighted by Crippen LogP contribution is -2.18. The standard InChI is InChI=1S/C16H18ClN/c1-11-8-13(10-14(17)9-11)16(18-3)15-7-5-4-6-12(15)2/h4-10,16,18H,1-3H3. The fourth-order valence-electron chi connectivity index (χ4n) is 2.34. The molecule has 0 aliphatic heterocycles. The average molecular weight is 260 g/mol. The maximum absolute atomic E-state index is 6.15. The second-order valence-electron chi connectivity index (χ2n) is 4.64. The third-order valence-electron chi connectivity index (χ3n) is 3.19. The van der Waals surface area contributed by atoms with Gasteiger partial charge in [0.15, 0.2) is 0 Å². The smallest absolute Gasteiger partial charge is 0.0577 e. The molecule has 1 N–H and O–H groups in total. The highest BCUT2D eigenvalue weighted by Gasteiger charge is 2.14. The van der Waals surface area contributed by atoms with Crippen LogP contribution in [0, 0.1) is 13.8 Å². The van der Waals surface area contributed by atoms with Crippen molar-refractivity contribution in [2.45, 2.75) is 19.9 Å². The molecule has 0 aliphatic rings. The number of hydrogen-bond acceptors (Lipinski definition) is 1. The highest BCUT2D eigenvalue weighted by molar-refractivity contribution is 6.30. The van der Waals surface area contributed by atoms with E-state index < -0.39 is 0 Å². The lowest BCUT2D eigenvalue weighted by atomic mass is 9.94. The van der Waals surface area contributed by atoms with E-state index in [2.05, 4.69) is 49.5 Å². The van der Waals surface area contributed by atoms with E-state index in [4.69, 9.17) is 11.6 Å². The van der Waals surface area contributed by atoms with Crippen molar-refractivity contribution in [2.75, 3.05) is 7.05 Å². The van der Waals surface area contributed by atoms with Crippen LogP contribution in [0.1, 0.15) is 28.3 Å². The summed E-state index contributed by atoms with van der Waals surface area (Å²) in [4.78, 5) is 0. The topological polar surface area (TPSA) is 12.0 Å². The van der Waals surface area contributed by atoms with Crippen molar-refractivity contribution in [1.29, 1.82) is 0 Å². The molecule has 2 aromatic rings. The van der Waals surface area contributed by atoms with Crippen molar-refractivity contribution in [1.82, 2.24) is 5.32 Å². The van der Waals surface area contributed by atoms with Crippen LogP contribution >= 0.6 is 11.6 Å². The molecule has 0 saturated carbocycles. The number of hydrogen-bond donors (Lipinski definition) is 1. The van der Waals surface area contributed by atoms with Gasteiger partial charge < -0.3 is 5.32 Å². The molecule has 2 aromatic carbocycles. The highest BCUT2D eigenvalue weighted by atomic mass is 35.5. The molecule has 0 spiro atoms. The predicted octanol–water partition coefficient (Wildman–Crippen LogP) is 4.27. The SMILES string of the molecule is CNC(c1cc(C)cc(Cl)c1)c1ccccc1C. The molecule has 0 fully saturated rings. The Balaban J connectivity index is 2.48. The van der Waals surface area contributed by atoms with Crippen molar-refractivity contribution < 1.29 is 0 Å². The van der Waals surface area contributed by atoms with Gasteiger partial charge in [-0.2, -0.15) is 0 Å². The Morgan fingerprint density at radius 2 is 1.78 bits per heavy atom. The minimum atomic E-state index is 0.184. The molecule has 0 bridgehead atoms. The summed E-state index contributed by atoms with van der Waals surface area (Å²) in [6, 6.07) is 14.8. The van der Waals surface area contributed by atoms with E-state index in [0.717, 1.165) is 5.02 Å². The summed E-state index contributed by atoms with van der Waals surface area (Å²) in [6.07, 6.45) is 0. The molecule has 1 unspecified atom stereocenters. The van der Waals surface area contributed by atoms with Crippen LogP contribution in [0.2, 0.25) is 5.02 Å². The molecule has 18 heavy (non-hydrogen) atoms. The van der Waals surface area contributed by atoms with Crippen LogP contribution in [0.5, 0.6) is 0 Å². The molecule has 0 saturated heterocycles. The van der Waals surface area contributed by atoms with E-state index in [1.165, 1.54) is 22.3 Å². The first-order valence-corrected chi connectivity index (χ1v) is 6.49. The van der Waals surface area contributed by atoms with Crippen LogP contribution < -0.4 is 5.32 Å². The summed E-state index contributed by atoms with van der Waals surface area (Å²) in [7, 11) is 1.98.